The van der Waals surface area contributed by atoms with Crippen LogP contribution in [0, 0.1) is 5.92 Å². The molecule has 0 saturated heterocycles. The molecule has 0 radical (unpaired) electrons. The first kappa shape index (κ1) is 21.1. The zero-order chi connectivity index (χ0) is 21.8. The molecule has 1 saturated carbocycles. The van der Waals surface area contributed by atoms with Crippen LogP contribution in [-0.4, -0.2) is 37.2 Å². The summed E-state index contributed by atoms with van der Waals surface area (Å²) < 4.78 is 3.95. The molecule has 0 atom stereocenters. The summed E-state index contributed by atoms with van der Waals surface area (Å²) in [7, 11) is 1.95. The predicted octanol–water partition coefficient (Wildman–Crippen LogP) is 2.78. The number of fused-ring (bicyclic) bond motifs is 1. The Morgan fingerprint density at radius 1 is 1.16 bits per heavy atom. The second-order valence-electron chi connectivity index (χ2n) is 8.35. The average Bonchev–Trinajstić information content (AvgIpc) is 3.37. The topological polar surface area (TPSA) is 93.8 Å². The lowest BCUT2D eigenvalue weighted by Gasteiger charge is -2.28. The Morgan fingerprint density at radius 2 is 1.94 bits per heavy atom. The third-order valence-corrected chi connectivity index (χ3v) is 6.16. The number of nitrogens with zero attached hydrogens (tertiary/aromatic N) is 4. The average molecular weight is 423 g/mol. The Kier molecular flexibility index (Phi) is 6.34. The van der Waals surface area contributed by atoms with Gasteiger partial charge in [0.2, 0.25) is 5.91 Å². The van der Waals surface area contributed by atoms with Crippen LogP contribution in [0.15, 0.2) is 36.8 Å². The van der Waals surface area contributed by atoms with Crippen molar-refractivity contribution in [2.45, 2.75) is 58.2 Å². The summed E-state index contributed by atoms with van der Waals surface area (Å²) in [5.41, 5.74) is 1.75. The molecule has 8 heteroatoms. The van der Waals surface area contributed by atoms with Gasteiger partial charge in [0.15, 0.2) is 5.82 Å². The fourth-order valence-electron chi connectivity index (χ4n) is 4.44. The van der Waals surface area contributed by atoms with Crippen molar-refractivity contribution in [3.05, 3.63) is 48.2 Å². The number of amides is 2. The number of benzene rings is 1. The smallest absolute Gasteiger partial charge is 0.253 e. The highest BCUT2D eigenvalue weighted by molar-refractivity contribution is 6.07. The zero-order valence-corrected chi connectivity index (χ0v) is 18.2. The molecule has 2 amide bonds. The van der Waals surface area contributed by atoms with Crippen LogP contribution in [0.5, 0.6) is 0 Å². The Hall–Kier alpha value is -3.16. The van der Waals surface area contributed by atoms with E-state index in [9.17, 15) is 9.59 Å². The maximum absolute atomic E-state index is 12.9. The number of aromatic nitrogens is 4. The van der Waals surface area contributed by atoms with Crippen molar-refractivity contribution in [3.63, 3.8) is 0 Å². The van der Waals surface area contributed by atoms with Gasteiger partial charge in [-0.15, -0.1) is 10.2 Å². The van der Waals surface area contributed by atoms with Gasteiger partial charge in [0, 0.05) is 42.7 Å². The minimum atomic E-state index is -0.0417. The van der Waals surface area contributed by atoms with E-state index in [-0.39, 0.29) is 23.8 Å². The molecule has 8 nitrogen and oxygen atoms in total. The van der Waals surface area contributed by atoms with E-state index in [2.05, 4.69) is 27.8 Å². The van der Waals surface area contributed by atoms with E-state index in [0.29, 0.717) is 12.1 Å². The SMILES string of the molecule is CCCn1cnnc1CNC(=O)C1CCC(NC(=O)c2cn(C)c3ccccc23)CC1. The van der Waals surface area contributed by atoms with Crippen LogP contribution in [0.2, 0.25) is 0 Å². The first-order valence-electron chi connectivity index (χ1n) is 11.1. The van der Waals surface area contributed by atoms with Crippen molar-refractivity contribution in [3.8, 4) is 0 Å². The van der Waals surface area contributed by atoms with Gasteiger partial charge in [0.1, 0.15) is 6.33 Å². The van der Waals surface area contributed by atoms with E-state index in [1.54, 1.807) is 6.33 Å². The van der Waals surface area contributed by atoms with Crippen LogP contribution >= 0.6 is 0 Å². The Bertz CT molecular complexity index is 1060. The monoisotopic (exact) mass is 422 g/mol. The minimum Gasteiger partial charge on any atom is -0.350 e. The van der Waals surface area contributed by atoms with Crippen LogP contribution in [0.3, 0.4) is 0 Å². The molecule has 164 valence electrons. The van der Waals surface area contributed by atoms with Crippen molar-refractivity contribution < 1.29 is 9.59 Å². The number of aryl methyl sites for hydroxylation is 2. The summed E-state index contributed by atoms with van der Waals surface area (Å²) in [4.78, 5) is 25.5. The van der Waals surface area contributed by atoms with Crippen LogP contribution < -0.4 is 10.6 Å². The third kappa shape index (κ3) is 4.62. The first-order chi connectivity index (χ1) is 15.1. The lowest BCUT2D eigenvalue weighted by atomic mass is 9.85. The molecule has 2 heterocycles. The zero-order valence-electron chi connectivity index (χ0n) is 18.2. The van der Waals surface area contributed by atoms with Gasteiger partial charge >= 0.3 is 0 Å². The second-order valence-corrected chi connectivity index (χ2v) is 8.35. The van der Waals surface area contributed by atoms with E-state index >= 15 is 0 Å². The van der Waals surface area contributed by atoms with Crippen molar-refractivity contribution in [1.82, 2.24) is 30.0 Å². The number of carbonyl (C=O) groups excluding carboxylic acids is 2. The van der Waals surface area contributed by atoms with Crippen molar-refractivity contribution in [2.75, 3.05) is 0 Å². The van der Waals surface area contributed by atoms with Gasteiger partial charge in [-0.3, -0.25) is 9.59 Å². The van der Waals surface area contributed by atoms with Crippen LogP contribution in [0.25, 0.3) is 10.9 Å². The van der Waals surface area contributed by atoms with Gasteiger partial charge in [-0.25, -0.2) is 0 Å². The fourth-order valence-corrected chi connectivity index (χ4v) is 4.44. The molecule has 0 bridgehead atoms. The lowest BCUT2D eigenvalue weighted by molar-refractivity contribution is -0.126. The maximum atomic E-state index is 12.9. The normalized spacial score (nSPS) is 18.8. The molecule has 0 spiro atoms. The van der Waals surface area contributed by atoms with E-state index in [4.69, 9.17) is 0 Å². The molecule has 1 aliphatic rings. The molecule has 2 N–H and O–H groups in total. The molecule has 3 aromatic rings. The molecule has 2 aromatic heterocycles. The number of nitrogens with one attached hydrogen (secondary N) is 2. The first-order valence-corrected chi connectivity index (χ1v) is 11.1. The van der Waals surface area contributed by atoms with Gasteiger partial charge in [-0.2, -0.15) is 0 Å². The molecular weight excluding hydrogens is 392 g/mol. The van der Waals surface area contributed by atoms with Gasteiger partial charge in [0.25, 0.3) is 5.91 Å². The number of para-hydroxylation sites is 1. The third-order valence-electron chi connectivity index (χ3n) is 6.16. The highest BCUT2D eigenvalue weighted by Crippen LogP contribution is 2.26. The van der Waals surface area contributed by atoms with Gasteiger partial charge in [-0.05, 0) is 38.2 Å². The van der Waals surface area contributed by atoms with Crippen molar-refractivity contribution >= 4 is 22.7 Å². The summed E-state index contributed by atoms with van der Waals surface area (Å²) in [5.74, 6) is 0.782. The second kappa shape index (κ2) is 9.32. The van der Waals surface area contributed by atoms with Gasteiger partial charge < -0.3 is 19.8 Å². The number of rotatable bonds is 7. The summed E-state index contributed by atoms with van der Waals surface area (Å²) >= 11 is 0. The molecule has 1 aromatic carbocycles. The van der Waals surface area contributed by atoms with E-state index in [1.807, 2.05) is 46.6 Å². The number of hydrogen-bond donors (Lipinski definition) is 2. The molecule has 0 unspecified atom stereocenters. The van der Waals surface area contributed by atoms with Crippen LogP contribution in [0.4, 0.5) is 0 Å². The molecule has 0 aliphatic heterocycles. The van der Waals surface area contributed by atoms with Crippen LogP contribution in [-0.2, 0) is 24.9 Å². The van der Waals surface area contributed by atoms with Crippen LogP contribution in [0.1, 0.15) is 55.2 Å². The number of hydrogen-bond acceptors (Lipinski definition) is 4. The maximum Gasteiger partial charge on any atom is 0.253 e. The predicted molar refractivity (Wildman–Crippen MR) is 118 cm³/mol. The van der Waals surface area contributed by atoms with E-state index < -0.39 is 0 Å². The van der Waals surface area contributed by atoms with E-state index in [1.165, 1.54) is 0 Å². The fraction of sp³-hybridized carbons (Fsp3) is 0.478. The summed E-state index contributed by atoms with van der Waals surface area (Å²) in [5, 5.41) is 15.2. The van der Waals surface area contributed by atoms with Crippen molar-refractivity contribution in [2.24, 2.45) is 13.0 Å². The molecule has 1 fully saturated rings. The molecular formula is C23H30N6O2. The Labute approximate surface area is 182 Å². The van der Waals surface area contributed by atoms with Crippen molar-refractivity contribution in [1.29, 1.82) is 0 Å². The number of carbonyl (C=O) groups is 2. The largest absolute Gasteiger partial charge is 0.350 e. The summed E-state index contributed by atoms with van der Waals surface area (Å²) in [6.07, 6.45) is 7.74. The lowest BCUT2D eigenvalue weighted by Crippen LogP contribution is -2.40. The van der Waals surface area contributed by atoms with Gasteiger partial charge in [-0.1, -0.05) is 25.1 Å². The summed E-state index contributed by atoms with van der Waals surface area (Å²) in [6, 6.07) is 8.02. The highest BCUT2D eigenvalue weighted by atomic mass is 16.2. The van der Waals surface area contributed by atoms with Gasteiger partial charge in [0.05, 0.1) is 12.1 Å². The Morgan fingerprint density at radius 3 is 2.71 bits per heavy atom. The standard InChI is InChI=1S/C23H30N6O2/c1-3-12-29-15-25-27-21(29)13-24-22(30)16-8-10-17(11-9-16)26-23(31)19-14-28(2)20-7-5-4-6-18(19)20/h4-7,14-17H,3,8-13H2,1-2H3,(H,24,30)(H,26,31). The quantitative estimate of drug-likeness (QED) is 0.612. The molecule has 4 rings (SSSR count). The Balaban J connectivity index is 1.28. The summed E-state index contributed by atoms with van der Waals surface area (Å²) in [6.45, 7) is 3.34. The molecule has 31 heavy (non-hydrogen) atoms. The molecule has 1 aliphatic carbocycles. The highest BCUT2D eigenvalue weighted by Gasteiger charge is 2.28. The van der Waals surface area contributed by atoms with E-state index in [0.717, 1.165) is 55.4 Å². The minimum absolute atomic E-state index is 0.0201.